The normalized spacial score (nSPS) is 13.0. The molecule has 0 aliphatic heterocycles. The number of carboxylic acid groups (broad SMARTS) is 1. The van der Waals surface area contributed by atoms with Crippen LogP contribution in [0, 0.1) is 11.3 Å². The highest BCUT2D eigenvalue weighted by Gasteiger charge is 2.33. The van der Waals surface area contributed by atoms with Crippen LogP contribution in [0.5, 0.6) is 0 Å². The minimum absolute atomic E-state index is 0.176. The van der Waals surface area contributed by atoms with Gasteiger partial charge in [0.25, 0.3) is 0 Å². The van der Waals surface area contributed by atoms with Gasteiger partial charge in [-0.1, -0.05) is 6.92 Å². The highest BCUT2D eigenvalue weighted by Crippen LogP contribution is 2.28. The summed E-state index contributed by atoms with van der Waals surface area (Å²) in [6, 6.07) is 0. The van der Waals surface area contributed by atoms with Gasteiger partial charge in [0, 0.05) is 6.61 Å². The number of hydrogen-bond donors (Lipinski definition) is 1. The molecule has 6 heteroatoms. The van der Waals surface area contributed by atoms with Crippen molar-refractivity contribution >= 4 is 11.9 Å². The summed E-state index contributed by atoms with van der Waals surface area (Å²) < 4.78 is 15.5. The summed E-state index contributed by atoms with van der Waals surface area (Å²) in [5.74, 6) is -1.67. The first-order chi connectivity index (χ1) is 9.85. The lowest BCUT2D eigenvalue weighted by Crippen LogP contribution is -2.30. The van der Waals surface area contributed by atoms with E-state index in [-0.39, 0.29) is 19.0 Å². The van der Waals surface area contributed by atoms with Crippen molar-refractivity contribution in [1.82, 2.24) is 0 Å². The molecule has 0 fully saturated rings. The van der Waals surface area contributed by atoms with E-state index in [2.05, 4.69) is 0 Å². The Morgan fingerprint density at radius 2 is 1.62 bits per heavy atom. The second-order valence-electron chi connectivity index (χ2n) is 5.48. The van der Waals surface area contributed by atoms with Gasteiger partial charge in [-0.3, -0.25) is 9.59 Å². The fourth-order valence-electron chi connectivity index (χ4n) is 1.78. The Morgan fingerprint density at radius 3 is 2.14 bits per heavy atom. The monoisotopic (exact) mass is 304 g/mol. The third-order valence-corrected chi connectivity index (χ3v) is 3.21. The standard InChI is InChI=1S/C15H28O6/c1-5-12(11-15(3,4)14(17)18)13(16)21-10-9-20-8-7-19-6-2/h12H,5-11H2,1-4H3,(H,17,18). The van der Waals surface area contributed by atoms with Gasteiger partial charge in [-0.2, -0.15) is 0 Å². The van der Waals surface area contributed by atoms with Crippen molar-refractivity contribution in [2.45, 2.75) is 40.5 Å². The predicted molar refractivity (Wildman–Crippen MR) is 78.1 cm³/mol. The van der Waals surface area contributed by atoms with E-state index in [0.717, 1.165) is 0 Å². The van der Waals surface area contributed by atoms with Gasteiger partial charge >= 0.3 is 11.9 Å². The Bertz CT molecular complexity index is 313. The summed E-state index contributed by atoms with van der Waals surface area (Å²) in [6.45, 7) is 9.11. The molecular weight excluding hydrogens is 276 g/mol. The fraction of sp³-hybridized carbons (Fsp3) is 0.867. The fourth-order valence-corrected chi connectivity index (χ4v) is 1.78. The van der Waals surface area contributed by atoms with Crippen molar-refractivity contribution in [2.24, 2.45) is 11.3 Å². The number of carboxylic acids is 1. The molecule has 0 aromatic rings. The van der Waals surface area contributed by atoms with Crippen LogP contribution >= 0.6 is 0 Å². The van der Waals surface area contributed by atoms with E-state index in [9.17, 15) is 9.59 Å². The molecular formula is C15H28O6. The summed E-state index contributed by atoms with van der Waals surface area (Å²) in [5.41, 5.74) is -0.937. The second-order valence-corrected chi connectivity index (χ2v) is 5.48. The Labute approximate surface area is 126 Å². The van der Waals surface area contributed by atoms with Crippen LogP contribution in [0.25, 0.3) is 0 Å². The topological polar surface area (TPSA) is 82.1 Å². The molecule has 0 aliphatic rings. The van der Waals surface area contributed by atoms with Crippen LogP contribution in [-0.4, -0.2) is 50.1 Å². The zero-order chi connectivity index (χ0) is 16.3. The Balaban J connectivity index is 3.98. The first kappa shape index (κ1) is 19.9. The maximum Gasteiger partial charge on any atom is 0.309 e. The lowest BCUT2D eigenvalue weighted by molar-refractivity contribution is -0.154. The average Bonchev–Trinajstić information content (AvgIpc) is 2.43. The Hall–Kier alpha value is -1.14. The third-order valence-electron chi connectivity index (χ3n) is 3.21. The number of esters is 1. The summed E-state index contributed by atoms with van der Waals surface area (Å²) in [6.07, 6.45) is 0.823. The average molecular weight is 304 g/mol. The lowest BCUT2D eigenvalue weighted by Gasteiger charge is -2.24. The molecule has 0 bridgehead atoms. The zero-order valence-electron chi connectivity index (χ0n) is 13.5. The molecule has 0 heterocycles. The van der Waals surface area contributed by atoms with Crippen molar-refractivity contribution < 1.29 is 28.9 Å². The predicted octanol–water partition coefficient (Wildman–Crippen LogP) is 2.11. The minimum atomic E-state index is -0.937. The number of rotatable bonds is 12. The van der Waals surface area contributed by atoms with Crippen LogP contribution < -0.4 is 0 Å². The van der Waals surface area contributed by atoms with Gasteiger partial charge < -0.3 is 19.3 Å². The van der Waals surface area contributed by atoms with Crippen molar-refractivity contribution in [1.29, 1.82) is 0 Å². The van der Waals surface area contributed by atoms with E-state index < -0.39 is 17.3 Å². The van der Waals surface area contributed by atoms with Crippen LogP contribution in [0.2, 0.25) is 0 Å². The number of ether oxygens (including phenoxy) is 3. The summed E-state index contributed by atoms with van der Waals surface area (Å²) in [7, 11) is 0. The van der Waals surface area contributed by atoms with E-state index >= 15 is 0 Å². The first-order valence-corrected chi connectivity index (χ1v) is 7.40. The maximum atomic E-state index is 11.9. The number of carbonyl (C=O) groups excluding carboxylic acids is 1. The molecule has 0 amide bonds. The molecule has 0 aromatic carbocycles. The number of carbonyl (C=O) groups is 2. The van der Waals surface area contributed by atoms with Crippen molar-refractivity contribution in [3.63, 3.8) is 0 Å². The van der Waals surface area contributed by atoms with Crippen molar-refractivity contribution in [3.05, 3.63) is 0 Å². The second kappa shape index (κ2) is 10.6. The number of aliphatic carboxylic acids is 1. The molecule has 0 radical (unpaired) electrons. The lowest BCUT2D eigenvalue weighted by atomic mass is 9.82. The summed E-state index contributed by atoms with van der Waals surface area (Å²) in [5, 5.41) is 9.10. The molecule has 1 N–H and O–H groups in total. The molecule has 124 valence electrons. The summed E-state index contributed by atoms with van der Waals surface area (Å²) in [4.78, 5) is 23.0. The van der Waals surface area contributed by atoms with Gasteiger partial charge in [0.15, 0.2) is 0 Å². The molecule has 0 aromatic heterocycles. The first-order valence-electron chi connectivity index (χ1n) is 7.40. The molecule has 0 aliphatic carbocycles. The van der Waals surface area contributed by atoms with E-state index in [0.29, 0.717) is 32.8 Å². The van der Waals surface area contributed by atoms with Crippen molar-refractivity contribution in [2.75, 3.05) is 33.0 Å². The SMILES string of the molecule is CCOCCOCCOC(=O)C(CC)CC(C)(C)C(=O)O. The highest BCUT2D eigenvalue weighted by atomic mass is 16.6. The van der Waals surface area contributed by atoms with Gasteiger partial charge in [-0.25, -0.2) is 0 Å². The molecule has 1 unspecified atom stereocenters. The number of hydrogen-bond acceptors (Lipinski definition) is 5. The van der Waals surface area contributed by atoms with Crippen LogP contribution in [0.1, 0.15) is 40.5 Å². The van der Waals surface area contributed by atoms with E-state index in [1.54, 1.807) is 13.8 Å². The van der Waals surface area contributed by atoms with Crippen molar-refractivity contribution in [3.8, 4) is 0 Å². The minimum Gasteiger partial charge on any atom is -0.481 e. The largest absolute Gasteiger partial charge is 0.481 e. The van der Waals surface area contributed by atoms with E-state index in [1.165, 1.54) is 0 Å². The van der Waals surface area contributed by atoms with Crippen LogP contribution in [0.4, 0.5) is 0 Å². The van der Waals surface area contributed by atoms with Crippen LogP contribution in [0.15, 0.2) is 0 Å². The van der Waals surface area contributed by atoms with Crippen LogP contribution in [-0.2, 0) is 23.8 Å². The van der Waals surface area contributed by atoms with Crippen LogP contribution in [0.3, 0.4) is 0 Å². The van der Waals surface area contributed by atoms with Gasteiger partial charge in [-0.15, -0.1) is 0 Å². The van der Waals surface area contributed by atoms with Gasteiger partial charge in [0.1, 0.15) is 6.61 Å². The molecule has 21 heavy (non-hydrogen) atoms. The highest BCUT2D eigenvalue weighted by molar-refractivity contribution is 5.77. The quantitative estimate of drug-likeness (QED) is 0.439. The van der Waals surface area contributed by atoms with E-state index in [1.807, 2.05) is 13.8 Å². The smallest absolute Gasteiger partial charge is 0.309 e. The van der Waals surface area contributed by atoms with Gasteiger partial charge in [0.05, 0.1) is 31.2 Å². The molecule has 0 saturated heterocycles. The Kier molecular flexibility index (Phi) is 9.99. The molecule has 0 saturated carbocycles. The zero-order valence-corrected chi connectivity index (χ0v) is 13.5. The van der Waals surface area contributed by atoms with E-state index in [4.69, 9.17) is 19.3 Å². The van der Waals surface area contributed by atoms with Gasteiger partial charge in [0.2, 0.25) is 0 Å². The summed E-state index contributed by atoms with van der Waals surface area (Å²) >= 11 is 0. The molecule has 0 rings (SSSR count). The molecule has 1 atom stereocenters. The molecule has 0 spiro atoms. The van der Waals surface area contributed by atoms with Gasteiger partial charge in [-0.05, 0) is 33.6 Å². The Morgan fingerprint density at radius 1 is 1.05 bits per heavy atom. The third kappa shape index (κ3) is 8.67. The maximum absolute atomic E-state index is 11.9. The molecule has 6 nitrogen and oxygen atoms in total.